The van der Waals surface area contributed by atoms with Crippen molar-refractivity contribution >= 4 is 0 Å². The van der Waals surface area contributed by atoms with Crippen LogP contribution in [0.5, 0.6) is 0 Å². The Morgan fingerprint density at radius 1 is 0.714 bits per heavy atom. The van der Waals surface area contributed by atoms with E-state index in [9.17, 15) is 0 Å². The van der Waals surface area contributed by atoms with Crippen molar-refractivity contribution in [2.75, 3.05) is 0 Å². The molecule has 0 aromatic rings. The second kappa shape index (κ2) is 66.9. The first-order valence-corrected chi connectivity index (χ1v) is 0.800. The van der Waals surface area contributed by atoms with Crippen molar-refractivity contribution in [2.24, 2.45) is 0 Å². The smallest absolute Gasteiger partial charge is 0.373 e. The normalized spacial score (nSPS) is 2.29. The summed E-state index contributed by atoms with van der Waals surface area (Å²) in [7, 11) is 0. The van der Waals surface area contributed by atoms with Gasteiger partial charge in [0.2, 0.25) is 0 Å². The Hall–Kier alpha value is -0.848. The Labute approximate surface area is 50.1 Å². The molecule has 0 unspecified atom stereocenters. The van der Waals surface area contributed by atoms with Gasteiger partial charge in [-0.05, 0) is 0 Å². The standard InChI is InChI=1S/Cr.2N3/c;2*1-3-2/q+2;2*-1. The van der Waals surface area contributed by atoms with Crippen molar-refractivity contribution in [3.8, 4) is 0 Å². The zero-order valence-corrected chi connectivity index (χ0v) is 4.37. The summed E-state index contributed by atoms with van der Waals surface area (Å²) in [5.41, 5.74) is 27.0. The average molecular weight is 136 g/mol. The molecule has 0 spiro atoms. The van der Waals surface area contributed by atoms with Crippen LogP contribution in [0, 0.1) is 0 Å². The van der Waals surface area contributed by atoms with Gasteiger partial charge in [0.05, 0.1) is 0 Å². The van der Waals surface area contributed by atoms with Crippen LogP contribution >= 0.6 is 0 Å². The van der Waals surface area contributed by atoms with Crippen molar-refractivity contribution in [3.63, 3.8) is 0 Å². The number of nitrogens with zero attached hydrogens (tertiary/aromatic N) is 6. The molecule has 7 heteroatoms. The Kier molecular flexibility index (Phi) is 157. The van der Waals surface area contributed by atoms with E-state index in [1.807, 2.05) is 0 Å². The molecular formula is CrN6. The maximum Gasteiger partial charge on any atom is 2.00 e. The van der Waals surface area contributed by atoms with E-state index in [0.717, 1.165) is 0 Å². The Balaban J connectivity index is -0.0000000400. The van der Waals surface area contributed by atoms with Crippen molar-refractivity contribution < 1.29 is 17.4 Å². The fraction of sp³-hybridized carbons (Fsp3) is 0. The van der Waals surface area contributed by atoms with Crippen LogP contribution in [0.25, 0.3) is 31.9 Å². The third-order valence-electron chi connectivity index (χ3n) is 0. The Morgan fingerprint density at radius 3 is 0.714 bits per heavy atom. The predicted octanol–water partition coefficient (Wildman–Crippen LogP) is 1.73. The van der Waals surface area contributed by atoms with Crippen LogP contribution < -0.4 is 0 Å². The minimum absolute atomic E-state index is 0. The van der Waals surface area contributed by atoms with Crippen molar-refractivity contribution in [1.82, 2.24) is 0 Å². The van der Waals surface area contributed by atoms with Crippen LogP contribution in [0.3, 0.4) is 0 Å². The third kappa shape index (κ3) is 71.3. The fourth-order valence-corrected chi connectivity index (χ4v) is 0. The molecule has 0 aliphatic heterocycles. The molecule has 0 saturated carbocycles. The van der Waals surface area contributed by atoms with Crippen LogP contribution in [-0.2, 0) is 17.4 Å². The van der Waals surface area contributed by atoms with E-state index < -0.39 is 0 Å². The zero-order chi connectivity index (χ0) is 5.41. The molecule has 36 valence electrons. The second-order valence-electron chi connectivity index (χ2n) is 0.179. The molecule has 0 amide bonds. The summed E-state index contributed by atoms with van der Waals surface area (Å²) in [5, 5.41) is 0. The van der Waals surface area contributed by atoms with E-state index in [-0.39, 0.29) is 17.4 Å². The van der Waals surface area contributed by atoms with Gasteiger partial charge in [0.15, 0.2) is 0 Å². The molecule has 0 aliphatic carbocycles. The van der Waals surface area contributed by atoms with Crippen LogP contribution in [0.2, 0.25) is 0 Å². The summed E-state index contributed by atoms with van der Waals surface area (Å²) in [6.45, 7) is 0. The van der Waals surface area contributed by atoms with Gasteiger partial charge in [0, 0.05) is 0 Å². The number of hydrogen-bond donors (Lipinski definition) is 0. The zero-order valence-electron chi connectivity index (χ0n) is 3.09. The molecule has 0 rings (SSSR count). The van der Waals surface area contributed by atoms with Crippen molar-refractivity contribution in [3.05, 3.63) is 31.9 Å². The van der Waals surface area contributed by atoms with Gasteiger partial charge in [0.1, 0.15) is 0 Å². The van der Waals surface area contributed by atoms with Gasteiger partial charge in [0.25, 0.3) is 0 Å². The van der Waals surface area contributed by atoms with Crippen LogP contribution in [0.4, 0.5) is 0 Å². The van der Waals surface area contributed by atoms with Crippen LogP contribution in [0.15, 0.2) is 0 Å². The first-order valence-electron chi connectivity index (χ1n) is 0.800. The van der Waals surface area contributed by atoms with Crippen LogP contribution in [0.1, 0.15) is 0 Å². The van der Waals surface area contributed by atoms with Crippen molar-refractivity contribution in [2.45, 2.75) is 0 Å². The van der Waals surface area contributed by atoms with Gasteiger partial charge in [-0.3, -0.25) is 9.82 Å². The summed E-state index contributed by atoms with van der Waals surface area (Å²) in [4.78, 5) is 3.00. The molecule has 0 fully saturated rings. The van der Waals surface area contributed by atoms with Gasteiger partial charge in [-0.1, -0.05) is 0 Å². The molecule has 0 bridgehead atoms. The third-order valence-corrected chi connectivity index (χ3v) is 0. The summed E-state index contributed by atoms with van der Waals surface area (Å²) >= 11 is 0. The summed E-state index contributed by atoms with van der Waals surface area (Å²) in [5.74, 6) is 0. The maximum atomic E-state index is 6.75. The van der Waals surface area contributed by atoms with E-state index in [1.165, 1.54) is 9.82 Å². The monoisotopic (exact) mass is 136 g/mol. The first-order chi connectivity index (χ1) is 2.83. The molecule has 0 aliphatic rings. The van der Waals surface area contributed by atoms with E-state index in [2.05, 4.69) is 0 Å². The largest absolute Gasteiger partial charge is 2.00 e. The van der Waals surface area contributed by atoms with Gasteiger partial charge in [-0.2, -0.15) is 0 Å². The van der Waals surface area contributed by atoms with E-state index >= 15 is 0 Å². The molecule has 0 aromatic heterocycles. The fourth-order valence-electron chi connectivity index (χ4n) is 0. The van der Waals surface area contributed by atoms with Crippen molar-refractivity contribution in [1.29, 1.82) is 0 Å². The molecule has 0 aromatic carbocycles. The van der Waals surface area contributed by atoms with E-state index in [1.54, 1.807) is 0 Å². The minimum Gasteiger partial charge on any atom is -0.373 e. The summed E-state index contributed by atoms with van der Waals surface area (Å²) < 4.78 is 0. The first kappa shape index (κ1) is 16.4. The predicted molar refractivity (Wildman–Crippen MR) is 20.2 cm³/mol. The SMILES string of the molecule is [Cr+2].[N-]=[N+]=[N-].[N-]=[N+]=[N-]. The van der Waals surface area contributed by atoms with E-state index in [4.69, 9.17) is 22.1 Å². The topological polar surface area (TPSA) is 117 Å². The molecule has 0 atom stereocenters. The quantitative estimate of drug-likeness (QED) is 0.274. The molecule has 0 N–H and O–H groups in total. The van der Waals surface area contributed by atoms with Gasteiger partial charge < -0.3 is 22.1 Å². The van der Waals surface area contributed by atoms with Gasteiger partial charge in [-0.15, -0.1) is 0 Å². The Morgan fingerprint density at radius 2 is 0.714 bits per heavy atom. The van der Waals surface area contributed by atoms with Gasteiger partial charge in [-0.25, -0.2) is 0 Å². The molecular weight excluding hydrogens is 136 g/mol. The molecule has 0 saturated heterocycles. The number of hydrogen-bond acceptors (Lipinski definition) is 0. The molecule has 6 nitrogen and oxygen atoms in total. The minimum atomic E-state index is 0. The van der Waals surface area contributed by atoms with Crippen LogP contribution in [-0.4, -0.2) is 0 Å². The van der Waals surface area contributed by atoms with Gasteiger partial charge >= 0.3 is 17.4 Å². The number of rotatable bonds is 0. The molecule has 7 heavy (non-hydrogen) atoms. The second-order valence-corrected chi connectivity index (χ2v) is 0.179. The average Bonchev–Trinajstić information content (AvgIpc) is 1.39. The molecule has 0 radical (unpaired) electrons. The Bertz CT molecular complexity index is 58.2. The maximum absolute atomic E-state index is 6.75. The molecule has 0 heterocycles. The summed E-state index contributed by atoms with van der Waals surface area (Å²) in [6, 6.07) is 0. The van der Waals surface area contributed by atoms with E-state index in [0.29, 0.717) is 0 Å². The summed E-state index contributed by atoms with van der Waals surface area (Å²) in [6.07, 6.45) is 0.